The third kappa shape index (κ3) is 4.74. The average molecular weight is 474 g/mol. The molecule has 184 valence electrons. The first kappa shape index (κ1) is 24.0. The summed E-state index contributed by atoms with van der Waals surface area (Å²) >= 11 is 0. The number of aryl methyl sites for hydroxylation is 1. The number of benzene rings is 1. The largest absolute Gasteiger partial charge is 0.462 e. The van der Waals surface area contributed by atoms with Gasteiger partial charge >= 0.3 is 12.1 Å². The Morgan fingerprint density at radius 3 is 2.53 bits per heavy atom. The number of pyridine rings is 1. The summed E-state index contributed by atoms with van der Waals surface area (Å²) in [4.78, 5) is 39.7. The maximum absolute atomic E-state index is 15.4. The first-order valence-corrected chi connectivity index (χ1v) is 11.8. The lowest BCUT2D eigenvalue weighted by Gasteiger charge is -2.25. The minimum Gasteiger partial charge on any atom is -0.462 e. The smallest absolute Gasteiger partial charge is 0.407 e. The van der Waals surface area contributed by atoms with Crippen molar-refractivity contribution >= 4 is 28.7 Å². The Bertz CT molecular complexity index is 1200. The first-order chi connectivity index (χ1) is 16.0. The van der Waals surface area contributed by atoms with Crippen LogP contribution >= 0.6 is 0 Å². The molecule has 1 aromatic heterocycles. The Kier molecular flexibility index (Phi) is 6.31. The van der Waals surface area contributed by atoms with Crippen molar-refractivity contribution in [1.82, 2.24) is 9.88 Å². The molecule has 2 heterocycles. The molecule has 1 unspecified atom stereocenters. The van der Waals surface area contributed by atoms with E-state index in [1.807, 2.05) is 4.90 Å². The molecule has 0 spiro atoms. The fourth-order valence-electron chi connectivity index (χ4n) is 4.64. The predicted molar refractivity (Wildman–Crippen MR) is 127 cm³/mol. The molecule has 0 bridgehead atoms. The summed E-state index contributed by atoms with van der Waals surface area (Å²) in [5.41, 5.74) is 0.625. The molecule has 8 nitrogen and oxygen atoms in total. The first-order valence-electron chi connectivity index (χ1n) is 11.8. The number of ether oxygens (including phenoxy) is 2. The lowest BCUT2D eigenvalue weighted by Crippen LogP contribution is -2.40. The third-order valence-corrected chi connectivity index (χ3v) is 6.11. The standard InChI is InChI=1S/C25H32FN3O5/c1-6-33-23(31)18-11-15-12-19(26)21(14(2)20(15)29(22(18)30)17-7-8-17)28-10-9-16(13-28)27-24(32)34-25(3,4)5/h11-12,16-17H,6-10,13H2,1-5H3,(H,27,32). The maximum atomic E-state index is 15.4. The van der Waals surface area contributed by atoms with E-state index in [-0.39, 0.29) is 24.3 Å². The number of nitrogens with zero attached hydrogens (tertiary/aromatic N) is 2. The van der Waals surface area contributed by atoms with E-state index in [1.54, 1.807) is 39.2 Å². The van der Waals surface area contributed by atoms with E-state index in [9.17, 15) is 14.4 Å². The number of aromatic nitrogens is 1. The zero-order valence-corrected chi connectivity index (χ0v) is 20.4. The Morgan fingerprint density at radius 2 is 1.91 bits per heavy atom. The minimum atomic E-state index is -0.693. The molecule has 1 N–H and O–H groups in total. The van der Waals surface area contributed by atoms with Crippen LogP contribution in [0, 0.1) is 12.7 Å². The van der Waals surface area contributed by atoms with Gasteiger partial charge in [-0.2, -0.15) is 0 Å². The summed E-state index contributed by atoms with van der Waals surface area (Å²) < 4.78 is 27.4. The van der Waals surface area contributed by atoms with E-state index in [4.69, 9.17) is 9.47 Å². The van der Waals surface area contributed by atoms with Crippen LogP contribution in [0.5, 0.6) is 0 Å². The average Bonchev–Trinajstić information content (AvgIpc) is 3.46. The van der Waals surface area contributed by atoms with Crippen LogP contribution in [0.25, 0.3) is 10.9 Å². The molecule has 1 aromatic carbocycles. The van der Waals surface area contributed by atoms with Crippen molar-refractivity contribution in [3.8, 4) is 0 Å². The fraction of sp³-hybridized carbons (Fsp3) is 0.560. The number of nitrogens with one attached hydrogen (secondary N) is 1. The van der Waals surface area contributed by atoms with Crippen molar-refractivity contribution in [1.29, 1.82) is 0 Å². The highest BCUT2D eigenvalue weighted by Gasteiger charge is 2.33. The molecule has 1 atom stereocenters. The number of carbonyl (C=O) groups is 2. The normalized spacial score (nSPS) is 18.3. The number of halogens is 1. The highest BCUT2D eigenvalue weighted by Crippen LogP contribution is 2.40. The molecular formula is C25H32FN3O5. The number of alkyl carbamates (subject to hydrolysis) is 1. The Labute approximate surface area is 198 Å². The number of amides is 1. The van der Waals surface area contributed by atoms with Gasteiger partial charge in [-0.15, -0.1) is 0 Å². The van der Waals surface area contributed by atoms with Gasteiger partial charge in [-0.25, -0.2) is 14.0 Å². The number of hydrogen-bond acceptors (Lipinski definition) is 6. The van der Waals surface area contributed by atoms with Crippen molar-refractivity contribution in [2.24, 2.45) is 0 Å². The molecule has 2 fully saturated rings. The lowest BCUT2D eigenvalue weighted by atomic mass is 10.0. The fourth-order valence-corrected chi connectivity index (χ4v) is 4.64. The van der Waals surface area contributed by atoms with Gasteiger partial charge in [-0.1, -0.05) is 0 Å². The second kappa shape index (κ2) is 8.92. The van der Waals surface area contributed by atoms with E-state index < -0.39 is 29.0 Å². The quantitative estimate of drug-likeness (QED) is 0.659. The molecule has 9 heteroatoms. The number of hydrogen-bond donors (Lipinski definition) is 1. The van der Waals surface area contributed by atoms with E-state index >= 15 is 4.39 Å². The Morgan fingerprint density at radius 1 is 1.21 bits per heavy atom. The van der Waals surface area contributed by atoms with Crippen molar-refractivity contribution < 1.29 is 23.5 Å². The van der Waals surface area contributed by atoms with E-state index in [2.05, 4.69) is 5.32 Å². The highest BCUT2D eigenvalue weighted by atomic mass is 19.1. The molecule has 1 amide bonds. The molecule has 2 aromatic rings. The molecule has 1 saturated carbocycles. The zero-order chi connectivity index (χ0) is 24.8. The van der Waals surface area contributed by atoms with Crippen molar-refractivity contribution in [2.45, 2.75) is 71.6 Å². The maximum Gasteiger partial charge on any atom is 0.407 e. The van der Waals surface area contributed by atoms with Gasteiger partial charge in [0.25, 0.3) is 5.56 Å². The summed E-state index contributed by atoms with van der Waals surface area (Å²) in [5.74, 6) is -1.12. The van der Waals surface area contributed by atoms with Crippen LogP contribution < -0.4 is 15.8 Å². The Hall–Kier alpha value is -3.10. The lowest BCUT2D eigenvalue weighted by molar-refractivity contribution is 0.0503. The van der Waals surface area contributed by atoms with Crippen molar-refractivity contribution in [3.63, 3.8) is 0 Å². The van der Waals surface area contributed by atoms with Crippen molar-refractivity contribution in [2.75, 3.05) is 24.6 Å². The van der Waals surface area contributed by atoms with Crippen molar-refractivity contribution in [3.05, 3.63) is 39.4 Å². The van der Waals surface area contributed by atoms with Gasteiger partial charge in [-0.3, -0.25) is 4.79 Å². The third-order valence-electron chi connectivity index (χ3n) is 6.11. The summed E-state index contributed by atoms with van der Waals surface area (Å²) in [7, 11) is 0. The van der Waals surface area contributed by atoms with Crippen LogP contribution in [0.15, 0.2) is 16.9 Å². The Balaban J connectivity index is 1.70. The highest BCUT2D eigenvalue weighted by molar-refractivity contribution is 5.96. The molecule has 1 saturated heterocycles. The van der Waals surface area contributed by atoms with Crippen LogP contribution in [-0.4, -0.2) is 48.0 Å². The van der Waals surface area contributed by atoms with Gasteiger partial charge < -0.3 is 24.3 Å². The predicted octanol–water partition coefficient (Wildman–Crippen LogP) is 4.06. The van der Waals surface area contributed by atoms with Crippen LogP contribution in [0.4, 0.5) is 14.9 Å². The molecule has 4 rings (SSSR count). The molecule has 0 radical (unpaired) electrons. The summed E-state index contributed by atoms with van der Waals surface area (Å²) in [6, 6.07) is 2.63. The second-order valence-corrected chi connectivity index (χ2v) is 10.0. The SMILES string of the molecule is CCOC(=O)c1cc2cc(F)c(N3CCC(NC(=O)OC(C)(C)C)C3)c(C)c2n(C2CC2)c1=O. The monoisotopic (exact) mass is 473 g/mol. The van der Waals surface area contributed by atoms with Crippen LogP contribution in [0.2, 0.25) is 0 Å². The van der Waals surface area contributed by atoms with Gasteiger partial charge in [0.05, 0.1) is 23.9 Å². The van der Waals surface area contributed by atoms with Crippen LogP contribution in [0.1, 0.15) is 68.9 Å². The van der Waals surface area contributed by atoms with Gasteiger partial charge in [0.1, 0.15) is 17.0 Å². The van der Waals surface area contributed by atoms with Gasteiger partial charge in [0.2, 0.25) is 0 Å². The van der Waals surface area contributed by atoms with Crippen LogP contribution in [-0.2, 0) is 9.47 Å². The van der Waals surface area contributed by atoms with Gasteiger partial charge in [0.15, 0.2) is 0 Å². The number of anilines is 1. The molecule has 1 aliphatic heterocycles. The van der Waals surface area contributed by atoms with E-state index in [0.29, 0.717) is 41.7 Å². The number of esters is 1. The summed E-state index contributed by atoms with van der Waals surface area (Å²) in [5, 5.41) is 3.36. The van der Waals surface area contributed by atoms with Gasteiger partial charge in [-0.05, 0) is 71.6 Å². The van der Waals surface area contributed by atoms with Crippen LogP contribution in [0.3, 0.4) is 0 Å². The van der Waals surface area contributed by atoms with E-state index in [1.165, 1.54) is 12.1 Å². The molecule has 2 aliphatic rings. The minimum absolute atomic E-state index is 0.0125. The van der Waals surface area contributed by atoms with E-state index in [0.717, 1.165) is 12.8 Å². The molecule has 1 aliphatic carbocycles. The topological polar surface area (TPSA) is 89.9 Å². The number of carbonyl (C=O) groups excluding carboxylic acids is 2. The number of fused-ring (bicyclic) bond motifs is 1. The summed E-state index contributed by atoms with van der Waals surface area (Å²) in [6.07, 6.45) is 1.81. The zero-order valence-electron chi connectivity index (χ0n) is 20.4. The van der Waals surface area contributed by atoms with Gasteiger partial charge in [0, 0.05) is 24.5 Å². The molecule has 34 heavy (non-hydrogen) atoms. The summed E-state index contributed by atoms with van der Waals surface area (Å²) in [6.45, 7) is 10.0. The second-order valence-electron chi connectivity index (χ2n) is 10.0. The molecular weight excluding hydrogens is 441 g/mol. The number of rotatable bonds is 5.